The van der Waals surface area contributed by atoms with Crippen molar-refractivity contribution in [3.63, 3.8) is 0 Å². The van der Waals surface area contributed by atoms with E-state index in [2.05, 4.69) is 71.5 Å². The van der Waals surface area contributed by atoms with E-state index in [4.69, 9.17) is 0 Å². The van der Waals surface area contributed by atoms with Crippen molar-refractivity contribution in [2.24, 2.45) is 0 Å². The number of rotatable bonds is 7. The lowest BCUT2D eigenvalue weighted by molar-refractivity contribution is 0.178. The Morgan fingerprint density at radius 3 is 2.77 bits per heavy atom. The van der Waals surface area contributed by atoms with Crippen LogP contribution >= 0.6 is 0 Å². The largest absolute Gasteiger partial charge is 0.361 e. The summed E-state index contributed by atoms with van der Waals surface area (Å²) in [6.45, 7) is 4.75. The molecule has 1 aliphatic carbocycles. The number of hydrogen-bond acceptors (Lipinski definition) is 1. The number of aromatic nitrogens is 1. The minimum atomic E-state index is 0.693. The number of hydrogen-bond donors (Lipinski definition) is 1. The Balaban J connectivity index is 1.44. The third kappa shape index (κ3) is 3.71. The van der Waals surface area contributed by atoms with Crippen LogP contribution in [0.5, 0.6) is 0 Å². The number of nitrogens with zero attached hydrogens (tertiary/aromatic N) is 1. The van der Waals surface area contributed by atoms with Gasteiger partial charge in [-0.25, -0.2) is 0 Å². The second-order valence-electron chi connectivity index (χ2n) is 7.66. The molecule has 1 unspecified atom stereocenters. The molecule has 0 saturated carbocycles. The Hall–Kier alpha value is -2.06. The van der Waals surface area contributed by atoms with Crippen molar-refractivity contribution in [1.29, 1.82) is 0 Å². The number of aromatic amines is 1. The average molecular weight is 347 g/mol. The molecule has 1 heterocycles. The zero-order chi connectivity index (χ0) is 17.8. The van der Waals surface area contributed by atoms with Crippen molar-refractivity contribution in [2.45, 2.75) is 51.5 Å². The lowest BCUT2D eigenvalue weighted by Crippen LogP contribution is -2.40. The van der Waals surface area contributed by atoms with Crippen molar-refractivity contribution in [2.75, 3.05) is 13.1 Å². The van der Waals surface area contributed by atoms with Crippen molar-refractivity contribution in [1.82, 2.24) is 9.88 Å². The standard InChI is InChI=1S/C24H30N2/c1-2-16-26(17-6-9-19-7-4-3-5-8-19)21-12-10-20-11-13-24-22(14-15-25-24)23(20)18-21/h3-5,7-8,11,13-15,21,25H,2,6,9-10,12,16-18H2,1H3. The summed E-state index contributed by atoms with van der Waals surface area (Å²) in [7, 11) is 0. The Kier molecular flexibility index (Phi) is 5.40. The van der Waals surface area contributed by atoms with Gasteiger partial charge in [0.2, 0.25) is 0 Å². The van der Waals surface area contributed by atoms with Crippen molar-refractivity contribution >= 4 is 10.9 Å². The SMILES string of the molecule is CCCN(CCCc1ccccc1)C1CCc2ccc3[nH]ccc3c2C1. The van der Waals surface area contributed by atoms with Gasteiger partial charge in [0, 0.05) is 23.1 Å². The van der Waals surface area contributed by atoms with Gasteiger partial charge in [-0.1, -0.05) is 43.3 Å². The molecule has 136 valence electrons. The molecule has 0 spiro atoms. The molecule has 1 aromatic heterocycles. The van der Waals surface area contributed by atoms with Crippen LogP contribution < -0.4 is 0 Å². The molecule has 4 rings (SSSR count). The smallest absolute Gasteiger partial charge is 0.0456 e. The van der Waals surface area contributed by atoms with E-state index < -0.39 is 0 Å². The maximum absolute atomic E-state index is 3.38. The fourth-order valence-corrected chi connectivity index (χ4v) is 4.58. The number of nitrogens with one attached hydrogen (secondary N) is 1. The van der Waals surface area contributed by atoms with Gasteiger partial charge in [0.1, 0.15) is 0 Å². The summed E-state index contributed by atoms with van der Waals surface area (Å²) in [6.07, 6.45) is 9.49. The Morgan fingerprint density at radius 1 is 1.04 bits per heavy atom. The van der Waals surface area contributed by atoms with Gasteiger partial charge < -0.3 is 9.88 Å². The van der Waals surface area contributed by atoms with Crippen LogP contribution in [-0.2, 0) is 19.3 Å². The third-order valence-electron chi connectivity index (χ3n) is 5.91. The summed E-state index contributed by atoms with van der Waals surface area (Å²) in [6, 6.07) is 18.5. The van der Waals surface area contributed by atoms with Gasteiger partial charge in [-0.2, -0.15) is 0 Å². The second-order valence-corrected chi connectivity index (χ2v) is 7.66. The van der Waals surface area contributed by atoms with Gasteiger partial charge in [0.25, 0.3) is 0 Å². The van der Waals surface area contributed by atoms with Crippen LogP contribution in [0.2, 0.25) is 0 Å². The molecule has 0 fully saturated rings. The fraction of sp³-hybridized carbons (Fsp3) is 0.417. The van der Waals surface area contributed by atoms with E-state index in [1.54, 1.807) is 11.1 Å². The molecular weight excluding hydrogens is 316 g/mol. The summed E-state index contributed by atoms with van der Waals surface area (Å²) >= 11 is 0. The highest BCUT2D eigenvalue weighted by atomic mass is 15.1. The first-order valence-corrected chi connectivity index (χ1v) is 10.2. The maximum Gasteiger partial charge on any atom is 0.0456 e. The number of fused-ring (bicyclic) bond motifs is 3. The lowest BCUT2D eigenvalue weighted by Gasteiger charge is -2.35. The molecule has 2 aromatic carbocycles. The van der Waals surface area contributed by atoms with Crippen LogP contribution in [0.25, 0.3) is 10.9 Å². The number of benzene rings is 2. The summed E-state index contributed by atoms with van der Waals surface area (Å²) in [5, 5.41) is 1.44. The normalized spacial score (nSPS) is 16.9. The summed E-state index contributed by atoms with van der Waals surface area (Å²) in [5.74, 6) is 0. The van der Waals surface area contributed by atoms with E-state index in [0.29, 0.717) is 6.04 Å². The molecule has 0 radical (unpaired) electrons. The second kappa shape index (κ2) is 8.09. The van der Waals surface area contributed by atoms with Crippen LogP contribution in [0, 0.1) is 0 Å². The number of aryl methyl sites for hydroxylation is 2. The minimum absolute atomic E-state index is 0.693. The molecule has 1 N–H and O–H groups in total. The predicted octanol–water partition coefficient (Wildman–Crippen LogP) is 5.37. The van der Waals surface area contributed by atoms with Gasteiger partial charge >= 0.3 is 0 Å². The average Bonchev–Trinajstić information content (AvgIpc) is 3.17. The van der Waals surface area contributed by atoms with Gasteiger partial charge in [-0.05, 0) is 80.4 Å². The van der Waals surface area contributed by atoms with Gasteiger partial charge in [-0.15, -0.1) is 0 Å². The molecule has 2 nitrogen and oxygen atoms in total. The summed E-state index contributed by atoms with van der Waals surface area (Å²) in [4.78, 5) is 6.14. The molecule has 2 heteroatoms. The molecule has 1 atom stereocenters. The topological polar surface area (TPSA) is 19.0 Å². The molecule has 3 aromatic rings. The molecule has 0 saturated heterocycles. The van der Waals surface area contributed by atoms with E-state index in [-0.39, 0.29) is 0 Å². The van der Waals surface area contributed by atoms with Crippen molar-refractivity contribution in [3.8, 4) is 0 Å². The van der Waals surface area contributed by atoms with Crippen LogP contribution in [0.1, 0.15) is 42.9 Å². The Bertz CT molecular complexity index is 834. The molecular formula is C24H30N2. The van der Waals surface area contributed by atoms with Gasteiger partial charge in [-0.3, -0.25) is 0 Å². The highest BCUT2D eigenvalue weighted by Gasteiger charge is 2.25. The first-order valence-electron chi connectivity index (χ1n) is 10.2. The van der Waals surface area contributed by atoms with Crippen LogP contribution in [0.3, 0.4) is 0 Å². The number of H-pyrrole nitrogens is 1. The van der Waals surface area contributed by atoms with Crippen LogP contribution in [0.15, 0.2) is 54.7 Å². The first kappa shape index (κ1) is 17.4. The van der Waals surface area contributed by atoms with Crippen molar-refractivity contribution < 1.29 is 0 Å². The monoisotopic (exact) mass is 346 g/mol. The lowest BCUT2D eigenvalue weighted by atomic mass is 9.85. The zero-order valence-corrected chi connectivity index (χ0v) is 15.9. The molecule has 0 amide bonds. The maximum atomic E-state index is 3.38. The van der Waals surface area contributed by atoms with E-state index in [1.165, 1.54) is 68.1 Å². The van der Waals surface area contributed by atoms with E-state index >= 15 is 0 Å². The highest BCUT2D eigenvalue weighted by Crippen LogP contribution is 2.30. The minimum Gasteiger partial charge on any atom is -0.361 e. The van der Waals surface area contributed by atoms with Crippen LogP contribution in [-0.4, -0.2) is 29.0 Å². The zero-order valence-electron chi connectivity index (χ0n) is 15.9. The Labute approximate surface area is 157 Å². The van der Waals surface area contributed by atoms with Gasteiger partial charge in [0.15, 0.2) is 0 Å². The molecule has 0 aliphatic heterocycles. The van der Waals surface area contributed by atoms with E-state index in [1.807, 2.05) is 0 Å². The molecule has 26 heavy (non-hydrogen) atoms. The summed E-state index contributed by atoms with van der Waals surface area (Å²) in [5.41, 5.74) is 5.90. The Morgan fingerprint density at radius 2 is 1.92 bits per heavy atom. The van der Waals surface area contributed by atoms with Crippen molar-refractivity contribution in [3.05, 3.63) is 71.4 Å². The molecule has 0 bridgehead atoms. The van der Waals surface area contributed by atoms with E-state index in [9.17, 15) is 0 Å². The fourth-order valence-electron chi connectivity index (χ4n) is 4.58. The molecule has 1 aliphatic rings. The quantitative estimate of drug-likeness (QED) is 0.609. The summed E-state index contributed by atoms with van der Waals surface area (Å²) < 4.78 is 0. The van der Waals surface area contributed by atoms with Gasteiger partial charge in [0.05, 0.1) is 0 Å². The predicted molar refractivity (Wildman–Crippen MR) is 111 cm³/mol. The first-order chi connectivity index (χ1) is 12.8. The van der Waals surface area contributed by atoms with E-state index in [0.717, 1.165) is 0 Å². The third-order valence-corrected chi connectivity index (χ3v) is 5.91. The van der Waals surface area contributed by atoms with Crippen LogP contribution in [0.4, 0.5) is 0 Å². The highest BCUT2D eigenvalue weighted by molar-refractivity contribution is 5.84.